The number of benzene rings is 2. The molecule has 2 heterocycles. The second kappa shape index (κ2) is 9.04. The lowest BCUT2D eigenvalue weighted by Gasteiger charge is -2.11. The Kier molecular flexibility index (Phi) is 5.84. The van der Waals surface area contributed by atoms with Crippen molar-refractivity contribution in [1.29, 1.82) is 0 Å². The van der Waals surface area contributed by atoms with E-state index in [-0.39, 0.29) is 12.5 Å². The fourth-order valence-electron chi connectivity index (χ4n) is 2.97. The summed E-state index contributed by atoms with van der Waals surface area (Å²) in [6, 6.07) is 20.4. The Balaban J connectivity index is 1.38. The van der Waals surface area contributed by atoms with Gasteiger partial charge in [0.2, 0.25) is 5.88 Å². The van der Waals surface area contributed by atoms with E-state index < -0.39 is 0 Å². The molecule has 0 saturated heterocycles. The number of para-hydroxylation sites is 1. The SMILES string of the molecule is CCOc1ccccc1C(=O)NCCOc1ccc2nnc(-c3ccccc3)n2n1. The van der Waals surface area contributed by atoms with E-state index in [1.807, 2.05) is 43.3 Å². The first-order chi connectivity index (χ1) is 14.8. The monoisotopic (exact) mass is 403 g/mol. The summed E-state index contributed by atoms with van der Waals surface area (Å²) < 4.78 is 12.8. The van der Waals surface area contributed by atoms with Crippen LogP contribution >= 0.6 is 0 Å². The average molecular weight is 403 g/mol. The molecule has 0 aliphatic heterocycles. The summed E-state index contributed by atoms with van der Waals surface area (Å²) in [7, 11) is 0. The van der Waals surface area contributed by atoms with Crippen molar-refractivity contribution in [3.05, 3.63) is 72.3 Å². The van der Waals surface area contributed by atoms with Gasteiger partial charge in [-0.3, -0.25) is 4.79 Å². The molecular weight excluding hydrogens is 382 g/mol. The maximum atomic E-state index is 12.4. The van der Waals surface area contributed by atoms with E-state index in [1.54, 1.807) is 34.8 Å². The average Bonchev–Trinajstić information content (AvgIpc) is 3.21. The van der Waals surface area contributed by atoms with E-state index in [0.717, 1.165) is 5.56 Å². The summed E-state index contributed by atoms with van der Waals surface area (Å²) in [5.74, 6) is 1.41. The first kappa shape index (κ1) is 19.4. The fourth-order valence-corrected chi connectivity index (χ4v) is 2.97. The minimum Gasteiger partial charge on any atom is -0.493 e. The van der Waals surface area contributed by atoms with Crippen molar-refractivity contribution in [3.8, 4) is 23.0 Å². The topological polar surface area (TPSA) is 90.6 Å². The van der Waals surface area contributed by atoms with Crippen molar-refractivity contribution in [2.24, 2.45) is 0 Å². The minimum atomic E-state index is -0.212. The molecule has 0 radical (unpaired) electrons. The van der Waals surface area contributed by atoms with E-state index in [9.17, 15) is 4.79 Å². The first-order valence-electron chi connectivity index (χ1n) is 9.67. The van der Waals surface area contributed by atoms with E-state index in [0.29, 0.717) is 41.8 Å². The minimum absolute atomic E-state index is 0.212. The lowest BCUT2D eigenvalue weighted by Crippen LogP contribution is -2.28. The largest absolute Gasteiger partial charge is 0.493 e. The Hall–Kier alpha value is -3.94. The van der Waals surface area contributed by atoms with Gasteiger partial charge in [-0.15, -0.1) is 15.3 Å². The third-order valence-corrected chi connectivity index (χ3v) is 4.34. The van der Waals surface area contributed by atoms with Gasteiger partial charge >= 0.3 is 0 Å². The zero-order valence-electron chi connectivity index (χ0n) is 16.5. The van der Waals surface area contributed by atoms with Crippen LogP contribution in [0.3, 0.4) is 0 Å². The van der Waals surface area contributed by atoms with Crippen LogP contribution in [-0.4, -0.2) is 45.5 Å². The molecule has 0 saturated carbocycles. The van der Waals surface area contributed by atoms with E-state index in [1.165, 1.54) is 0 Å². The quantitative estimate of drug-likeness (QED) is 0.455. The number of rotatable bonds is 8. The number of hydrogen-bond donors (Lipinski definition) is 1. The van der Waals surface area contributed by atoms with Crippen LogP contribution in [0.4, 0.5) is 0 Å². The number of carbonyl (C=O) groups is 1. The van der Waals surface area contributed by atoms with E-state index >= 15 is 0 Å². The molecule has 30 heavy (non-hydrogen) atoms. The standard InChI is InChI=1S/C22H21N5O3/c1-2-29-18-11-7-6-10-17(18)22(28)23-14-15-30-20-13-12-19-24-25-21(27(19)26-20)16-8-4-3-5-9-16/h3-13H,2,14-15H2,1H3,(H,23,28). The van der Waals surface area contributed by atoms with Gasteiger partial charge in [0.1, 0.15) is 12.4 Å². The normalized spacial score (nSPS) is 10.7. The van der Waals surface area contributed by atoms with Gasteiger partial charge in [-0.05, 0) is 25.1 Å². The molecule has 0 atom stereocenters. The van der Waals surface area contributed by atoms with Gasteiger partial charge < -0.3 is 14.8 Å². The molecule has 4 aromatic rings. The van der Waals surface area contributed by atoms with Crippen LogP contribution in [0.5, 0.6) is 11.6 Å². The number of ether oxygens (including phenoxy) is 2. The van der Waals surface area contributed by atoms with Gasteiger partial charge in [-0.2, -0.15) is 4.52 Å². The number of hydrogen-bond acceptors (Lipinski definition) is 6. The van der Waals surface area contributed by atoms with Crippen LogP contribution < -0.4 is 14.8 Å². The molecular formula is C22H21N5O3. The molecule has 4 rings (SSSR count). The molecule has 0 aliphatic carbocycles. The molecule has 2 aromatic heterocycles. The number of amides is 1. The summed E-state index contributed by atoms with van der Waals surface area (Å²) in [5, 5.41) is 15.6. The number of fused-ring (bicyclic) bond motifs is 1. The van der Waals surface area contributed by atoms with Crippen molar-refractivity contribution in [3.63, 3.8) is 0 Å². The van der Waals surface area contributed by atoms with Crippen LogP contribution in [0.25, 0.3) is 17.0 Å². The molecule has 0 aliphatic rings. The zero-order valence-corrected chi connectivity index (χ0v) is 16.5. The number of carbonyl (C=O) groups excluding carboxylic acids is 1. The lowest BCUT2D eigenvalue weighted by atomic mass is 10.2. The van der Waals surface area contributed by atoms with Crippen molar-refractivity contribution in [1.82, 2.24) is 25.1 Å². The van der Waals surface area contributed by atoms with Crippen LogP contribution in [0, 0.1) is 0 Å². The smallest absolute Gasteiger partial charge is 0.255 e. The second-order valence-corrected chi connectivity index (χ2v) is 6.36. The summed E-state index contributed by atoms with van der Waals surface area (Å²) >= 11 is 0. The summed E-state index contributed by atoms with van der Waals surface area (Å²) in [6.07, 6.45) is 0. The summed E-state index contributed by atoms with van der Waals surface area (Å²) in [5.41, 5.74) is 2.04. The van der Waals surface area contributed by atoms with Crippen molar-refractivity contribution in [2.75, 3.05) is 19.8 Å². The highest BCUT2D eigenvalue weighted by atomic mass is 16.5. The van der Waals surface area contributed by atoms with Gasteiger partial charge in [0, 0.05) is 11.6 Å². The second-order valence-electron chi connectivity index (χ2n) is 6.36. The molecule has 1 N–H and O–H groups in total. The fraction of sp³-hybridized carbons (Fsp3) is 0.182. The molecule has 152 valence electrons. The molecule has 1 amide bonds. The highest BCUT2D eigenvalue weighted by Gasteiger charge is 2.12. The van der Waals surface area contributed by atoms with Gasteiger partial charge in [-0.1, -0.05) is 42.5 Å². The van der Waals surface area contributed by atoms with Gasteiger partial charge in [0.25, 0.3) is 5.91 Å². The zero-order chi connectivity index (χ0) is 20.8. The van der Waals surface area contributed by atoms with Crippen LogP contribution in [0.2, 0.25) is 0 Å². The molecule has 0 fully saturated rings. The Bertz CT molecular complexity index is 1140. The Labute approximate surface area is 173 Å². The third-order valence-electron chi connectivity index (χ3n) is 4.34. The Morgan fingerprint density at radius 1 is 0.967 bits per heavy atom. The highest BCUT2D eigenvalue weighted by molar-refractivity contribution is 5.96. The Morgan fingerprint density at radius 2 is 1.77 bits per heavy atom. The van der Waals surface area contributed by atoms with Crippen molar-refractivity contribution < 1.29 is 14.3 Å². The lowest BCUT2D eigenvalue weighted by molar-refractivity contribution is 0.0942. The van der Waals surface area contributed by atoms with E-state index in [4.69, 9.17) is 9.47 Å². The van der Waals surface area contributed by atoms with Crippen LogP contribution in [0.15, 0.2) is 66.7 Å². The van der Waals surface area contributed by atoms with Gasteiger partial charge in [0.05, 0.1) is 18.7 Å². The summed E-state index contributed by atoms with van der Waals surface area (Å²) in [4.78, 5) is 12.4. The predicted octanol–water partition coefficient (Wildman–Crippen LogP) is 3.00. The number of nitrogens with one attached hydrogen (secondary N) is 1. The van der Waals surface area contributed by atoms with Crippen molar-refractivity contribution >= 4 is 11.6 Å². The van der Waals surface area contributed by atoms with Gasteiger partial charge in [0.15, 0.2) is 11.5 Å². The predicted molar refractivity (Wildman–Crippen MR) is 112 cm³/mol. The number of nitrogens with zero attached hydrogens (tertiary/aromatic N) is 4. The van der Waals surface area contributed by atoms with Crippen LogP contribution in [-0.2, 0) is 0 Å². The van der Waals surface area contributed by atoms with Crippen molar-refractivity contribution in [2.45, 2.75) is 6.92 Å². The van der Waals surface area contributed by atoms with Crippen LogP contribution in [0.1, 0.15) is 17.3 Å². The molecule has 8 heteroatoms. The molecule has 2 aromatic carbocycles. The third kappa shape index (κ3) is 4.22. The highest BCUT2D eigenvalue weighted by Crippen LogP contribution is 2.19. The Morgan fingerprint density at radius 3 is 2.60 bits per heavy atom. The van der Waals surface area contributed by atoms with E-state index in [2.05, 4.69) is 20.6 Å². The molecule has 0 spiro atoms. The molecule has 0 bridgehead atoms. The summed E-state index contributed by atoms with van der Waals surface area (Å²) in [6.45, 7) is 2.97. The number of aromatic nitrogens is 4. The first-order valence-corrected chi connectivity index (χ1v) is 9.67. The maximum Gasteiger partial charge on any atom is 0.255 e. The molecule has 8 nitrogen and oxygen atoms in total. The van der Waals surface area contributed by atoms with Gasteiger partial charge in [-0.25, -0.2) is 0 Å². The molecule has 0 unspecified atom stereocenters. The maximum absolute atomic E-state index is 12.4.